The van der Waals surface area contributed by atoms with E-state index in [1.165, 1.54) is 6.07 Å². The maximum Gasteiger partial charge on any atom is 0.460 e. The highest BCUT2D eigenvalue weighted by Crippen LogP contribution is 2.56. The maximum atomic E-state index is 13.7. The first-order valence-electron chi connectivity index (χ1n) is 6.66. The lowest BCUT2D eigenvalue weighted by Gasteiger charge is -2.34. The first-order valence-corrected chi connectivity index (χ1v) is 6.66. The summed E-state index contributed by atoms with van der Waals surface area (Å²) >= 11 is 0. The Labute approximate surface area is 131 Å². The van der Waals surface area contributed by atoms with Crippen LogP contribution in [0.2, 0.25) is 0 Å². The lowest BCUT2D eigenvalue weighted by molar-refractivity contribution is -0.399. The van der Waals surface area contributed by atoms with E-state index in [-0.39, 0.29) is 24.8 Å². The SMILES string of the molecule is [O]CCCCc1cccc(C(F)(F)C(F)(F)C(F)(F)C(F)(F)F)c1. The lowest BCUT2D eigenvalue weighted by Crippen LogP contribution is -2.59. The van der Waals surface area contributed by atoms with Crippen LogP contribution in [0.1, 0.15) is 24.0 Å². The van der Waals surface area contributed by atoms with Gasteiger partial charge in [0.25, 0.3) is 0 Å². The summed E-state index contributed by atoms with van der Waals surface area (Å²) in [5, 5.41) is 10.3. The first-order chi connectivity index (χ1) is 10.8. The summed E-state index contributed by atoms with van der Waals surface area (Å²) in [6.07, 6.45) is -6.42. The maximum absolute atomic E-state index is 13.7. The van der Waals surface area contributed by atoms with Crippen LogP contribution in [0.15, 0.2) is 24.3 Å². The van der Waals surface area contributed by atoms with E-state index in [1.54, 1.807) is 0 Å². The van der Waals surface area contributed by atoms with E-state index in [9.17, 15) is 44.6 Å². The molecule has 1 aromatic carbocycles. The van der Waals surface area contributed by atoms with Crippen molar-refractivity contribution in [3.63, 3.8) is 0 Å². The standard InChI is InChI=1S/C14H12F9O/c15-11(16,12(17,18)13(19,20)14(21,22)23)10-6-3-5-9(8-10)4-1-2-7-24/h3,5-6,8H,1-2,4,7H2. The van der Waals surface area contributed by atoms with Crippen LogP contribution in [0.4, 0.5) is 39.5 Å². The van der Waals surface area contributed by atoms with E-state index >= 15 is 0 Å². The van der Waals surface area contributed by atoms with Crippen molar-refractivity contribution in [1.82, 2.24) is 0 Å². The molecule has 1 nitrogen and oxygen atoms in total. The van der Waals surface area contributed by atoms with E-state index in [1.807, 2.05) is 0 Å². The topological polar surface area (TPSA) is 19.9 Å². The molecule has 0 amide bonds. The summed E-state index contributed by atoms with van der Waals surface area (Å²) < 4.78 is 116. The predicted octanol–water partition coefficient (Wildman–Crippen LogP) is 5.36. The van der Waals surface area contributed by atoms with Gasteiger partial charge in [0.15, 0.2) is 0 Å². The quantitative estimate of drug-likeness (QED) is 0.457. The second-order valence-electron chi connectivity index (χ2n) is 5.08. The number of benzene rings is 1. The largest absolute Gasteiger partial charge is 0.460 e. The summed E-state index contributed by atoms with van der Waals surface area (Å²) in [4.78, 5) is 0. The van der Waals surface area contributed by atoms with Crippen LogP contribution in [0, 0.1) is 0 Å². The summed E-state index contributed by atoms with van der Waals surface area (Å²) in [5.74, 6) is -19.3. The Morgan fingerprint density at radius 3 is 1.88 bits per heavy atom. The van der Waals surface area contributed by atoms with Gasteiger partial charge in [-0.2, -0.15) is 39.5 Å². The molecule has 137 valence electrons. The molecule has 0 aliphatic rings. The highest BCUT2D eigenvalue weighted by atomic mass is 19.4. The smallest absolute Gasteiger partial charge is 0.237 e. The average Bonchev–Trinajstić information content (AvgIpc) is 2.46. The van der Waals surface area contributed by atoms with Crippen molar-refractivity contribution in [2.24, 2.45) is 0 Å². The van der Waals surface area contributed by atoms with Gasteiger partial charge in [-0.05, 0) is 30.9 Å². The second-order valence-corrected chi connectivity index (χ2v) is 5.08. The summed E-state index contributed by atoms with van der Waals surface area (Å²) in [6, 6.07) is 2.84. The molecule has 0 heterocycles. The fourth-order valence-electron chi connectivity index (χ4n) is 1.91. The van der Waals surface area contributed by atoms with Crippen LogP contribution in [0.25, 0.3) is 0 Å². The summed E-state index contributed by atoms with van der Waals surface area (Å²) in [5.41, 5.74) is -1.64. The molecule has 0 N–H and O–H groups in total. The highest BCUT2D eigenvalue weighted by molar-refractivity contribution is 5.29. The molecule has 0 aliphatic carbocycles. The Morgan fingerprint density at radius 2 is 1.38 bits per heavy atom. The number of alkyl halides is 9. The van der Waals surface area contributed by atoms with Crippen molar-refractivity contribution < 1.29 is 44.6 Å². The molecule has 0 spiro atoms. The van der Waals surface area contributed by atoms with Crippen LogP contribution < -0.4 is 0 Å². The Balaban J connectivity index is 3.21. The molecule has 0 aliphatic heterocycles. The Kier molecular flexibility index (Phi) is 5.85. The zero-order valence-corrected chi connectivity index (χ0v) is 11.9. The van der Waals surface area contributed by atoms with E-state index < -0.39 is 36.1 Å². The van der Waals surface area contributed by atoms with Gasteiger partial charge in [-0.1, -0.05) is 18.2 Å². The molecule has 0 fully saturated rings. The number of hydrogen-bond donors (Lipinski definition) is 0. The van der Waals surface area contributed by atoms with E-state index in [0.29, 0.717) is 12.1 Å². The minimum Gasteiger partial charge on any atom is -0.237 e. The summed E-state index contributed by atoms with van der Waals surface area (Å²) in [7, 11) is 0. The van der Waals surface area contributed by atoms with Gasteiger partial charge in [0.05, 0.1) is 6.61 Å². The zero-order chi connectivity index (χ0) is 18.8. The third-order valence-electron chi connectivity index (χ3n) is 3.29. The molecule has 0 atom stereocenters. The minimum atomic E-state index is -6.91. The average molecular weight is 367 g/mol. The second kappa shape index (κ2) is 6.81. The van der Waals surface area contributed by atoms with Gasteiger partial charge in [-0.15, -0.1) is 0 Å². The van der Waals surface area contributed by atoms with Crippen LogP contribution in [0.5, 0.6) is 0 Å². The van der Waals surface area contributed by atoms with Crippen LogP contribution in [-0.4, -0.2) is 24.6 Å². The van der Waals surface area contributed by atoms with Crippen molar-refractivity contribution in [3.8, 4) is 0 Å². The van der Waals surface area contributed by atoms with Gasteiger partial charge >= 0.3 is 23.9 Å². The van der Waals surface area contributed by atoms with Gasteiger partial charge in [0.2, 0.25) is 0 Å². The first kappa shape index (κ1) is 20.6. The molecule has 24 heavy (non-hydrogen) atoms. The Hall–Kier alpha value is -1.45. The monoisotopic (exact) mass is 367 g/mol. The normalized spacial score (nSPS) is 14.1. The molecule has 0 saturated carbocycles. The van der Waals surface area contributed by atoms with Crippen molar-refractivity contribution in [2.75, 3.05) is 6.61 Å². The zero-order valence-electron chi connectivity index (χ0n) is 11.9. The number of aryl methyl sites for hydroxylation is 1. The number of halogens is 9. The molecule has 1 rings (SSSR count). The van der Waals surface area contributed by atoms with Gasteiger partial charge in [-0.25, -0.2) is 5.11 Å². The molecule has 0 saturated heterocycles. The van der Waals surface area contributed by atoms with Crippen LogP contribution in [0.3, 0.4) is 0 Å². The summed E-state index contributed by atoms with van der Waals surface area (Å²) in [6.45, 7) is -0.453. The molecule has 0 bridgehead atoms. The molecule has 10 heteroatoms. The van der Waals surface area contributed by atoms with E-state index in [2.05, 4.69) is 0 Å². The van der Waals surface area contributed by atoms with Gasteiger partial charge in [0, 0.05) is 5.56 Å². The lowest BCUT2D eigenvalue weighted by atomic mass is 9.94. The van der Waals surface area contributed by atoms with Crippen molar-refractivity contribution in [2.45, 2.75) is 43.2 Å². The molecule has 0 aromatic heterocycles. The van der Waals surface area contributed by atoms with E-state index in [0.717, 1.165) is 6.07 Å². The van der Waals surface area contributed by atoms with Gasteiger partial charge < -0.3 is 0 Å². The third kappa shape index (κ3) is 3.62. The fraction of sp³-hybridized carbons (Fsp3) is 0.571. The Bertz CT molecular complexity index is 551. The van der Waals surface area contributed by atoms with Gasteiger partial charge in [0.1, 0.15) is 0 Å². The Morgan fingerprint density at radius 1 is 0.792 bits per heavy atom. The highest BCUT2D eigenvalue weighted by Gasteiger charge is 2.81. The van der Waals surface area contributed by atoms with Crippen molar-refractivity contribution >= 4 is 0 Å². The van der Waals surface area contributed by atoms with Gasteiger partial charge in [-0.3, -0.25) is 0 Å². The number of unbranched alkanes of at least 4 members (excludes halogenated alkanes) is 1. The molecule has 1 radical (unpaired) electrons. The molecular formula is C14H12F9O. The number of rotatable bonds is 7. The third-order valence-corrected chi connectivity index (χ3v) is 3.29. The van der Waals surface area contributed by atoms with Crippen LogP contribution in [-0.2, 0) is 17.4 Å². The fourth-order valence-corrected chi connectivity index (χ4v) is 1.91. The van der Waals surface area contributed by atoms with Crippen molar-refractivity contribution in [1.29, 1.82) is 0 Å². The molecule has 1 aromatic rings. The van der Waals surface area contributed by atoms with E-state index in [4.69, 9.17) is 0 Å². The molecule has 0 unspecified atom stereocenters. The minimum absolute atomic E-state index is 0.0201. The predicted molar refractivity (Wildman–Crippen MR) is 64.8 cm³/mol. The molecular weight excluding hydrogens is 355 g/mol. The van der Waals surface area contributed by atoms with Crippen molar-refractivity contribution in [3.05, 3.63) is 35.4 Å². The van der Waals surface area contributed by atoms with Crippen LogP contribution >= 0.6 is 0 Å². The number of hydrogen-bond acceptors (Lipinski definition) is 0.